The van der Waals surface area contributed by atoms with Crippen LogP contribution < -0.4 is 5.32 Å². The van der Waals surface area contributed by atoms with Crippen molar-refractivity contribution in [3.63, 3.8) is 0 Å². The molecular weight excluding hydrogens is 254 g/mol. The average molecular weight is 277 g/mol. The molecule has 110 valence electrons. The molecule has 0 spiro atoms. The van der Waals surface area contributed by atoms with Gasteiger partial charge in [-0.3, -0.25) is 0 Å². The van der Waals surface area contributed by atoms with Crippen LogP contribution in [0, 0.1) is 13.8 Å². The van der Waals surface area contributed by atoms with Crippen LogP contribution in [0.15, 0.2) is 6.07 Å². The molecule has 0 amide bonds. The lowest BCUT2D eigenvalue weighted by molar-refractivity contribution is 0.0696. The minimum absolute atomic E-state index is 0.286. The van der Waals surface area contributed by atoms with Gasteiger partial charge in [0, 0.05) is 18.3 Å². The maximum absolute atomic E-state index is 11.4. The van der Waals surface area contributed by atoms with Crippen molar-refractivity contribution in [2.24, 2.45) is 0 Å². The SMILES string of the molecule is Cc1cc(C)c(C(=O)O)c(NCC2CCCCN2C)n1. The van der Waals surface area contributed by atoms with Crippen LogP contribution in [-0.4, -0.2) is 47.1 Å². The summed E-state index contributed by atoms with van der Waals surface area (Å²) in [5.41, 5.74) is 1.88. The molecule has 0 aliphatic carbocycles. The highest BCUT2D eigenvalue weighted by Crippen LogP contribution is 2.20. The number of likely N-dealkylation sites (N-methyl/N-ethyl adjacent to an activating group) is 1. The summed E-state index contributed by atoms with van der Waals surface area (Å²) in [5, 5.41) is 12.6. The molecule has 20 heavy (non-hydrogen) atoms. The van der Waals surface area contributed by atoms with Gasteiger partial charge in [0.05, 0.1) is 0 Å². The molecule has 1 atom stereocenters. The Hall–Kier alpha value is -1.62. The van der Waals surface area contributed by atoms with E-state index in [4.69, 9.17) is 0 Å². The molecule has 1 unspecified atom stereocenters. The van der Waals surface area contributed by atoms with Gasteiger partial charge in [0.15, 0.2) is 0 Å². The standard InChI is InChI=1S/C15H23N3O2/c1-10-8-11(2)17-14(13(10)15(19)20)16-9-12-6-4-5-7-18(12)3/h8,12H,4-7,9H2,1-3H3,(H,16,17)(H,19,20). The Labute approximate surface area is 120 Å². The molecule has 1 saturated heterocycles. The van der Waals surface area contributed by atoms with Gasteiger partial charge in [0.25, 0.3) is 0 Å². The molecule has 1 aromatic heterocycles. The zero-order valence-electron chi connectivity index (χ0n) is 12.4. The zero-order chi connectivity index (χ0) is 14.7. The fourth-order valence-corrected chi connectivity index (χ4v) is 2.85. The summed E-state index contributed by atoms with van der Waals surface area (Å²) in [6.45, 7) is 5.55. The molecule has 1 aliphatic heterocycles. The van der Waals surface area contributed by atoms with E-state index in [1.807, 2.05) is 13.8 Å². The highest BCUT2D eigenvalue weighted by Gasteiger charge is 2.21. The number of carboxylic acids is 1. The Bertz CT molecular complexity index is 502. The predicted molar refractivity (Wildman–Crippen MR) is 79.4 cm³/mol. The number of aromatic nitrogens is 1. The van der Waals surface area contributed by atoms with Gasteiger partial charge in [-0.2, -0.15) is 0 Å². The van der Waals surface area contributed by atoms with Crippen molar-refractivity contribution in [1.82, 2.24) is 9.88 Å². The van der Waals surface area contributed by atoms with E-state index in [9.17, 15) is 9.90 Å². The van der Waals surface area contributed by atoms with Crippen LogP contribution in [0.4, 0.5) is 5.82 Å². The first-order valence-electron chi connectivity index (χ1n) is 7.14. The first-order chi connectivity index (χ1) is 9.49. The summed E-state index contributed by atoms with van der Waals surface area (Å²) < 4.78 is 0. The Morgan fingerprint density at radius 3 is 2.90 bits per heavy atom. The number of hydrogen-bond donors (Lipinski definition) is 2. The number of hydrogen-bond acceptors (Lipinski definition) is 4. The molecule has 5 nitrogen and oxygen atoms in total. The zero-order valence-corrected chi connectivity index (χ0v) is 12.4. The molecule has 1 fully saturated rings. The van der Waals surface area contributed by atoms with E-state index in [1.54, 1.807) is 6.07 Å². The number of likely N-dealkylation sites (tertiary alicyclic amines) is 1. The number of pyridine rings is 1. The quantitative estimate of drug-likeness (QED) is 0.884. The maximum atomic E-state index is 11.4. The predicted octanol–water partition coefficient (Wildman–Crippen LogP) is 2.29. The molecule has 1 aromatic rings. The number of nitrogens with one attached hydrogen (secondary N) is 1. The number of aryl methyl sites for hydroxylation is 2. The minimum Gasteiger partial charge on any atom is -0.478 e. The second-order valence-corrected chi connectivity index (χ2v) is 5.62. The van der Waals surface area contributed by atoms with Gasteiger partial charge >= 0.3 is 5.97 Å². The van der Waals surface area contributed by atoms with E-state index in [1.165, 1.54) is 12.8 Å². The molecule has 2 heterocycles. The van der Waals surface area contributed by atoms with Crippen LogP contribution in [0.5, 0.6) is 0 Å². The van der Waals surface area contributed by atoms with Gasteiger partial charge < -0.3 is 15.3 Å². The van der Waals surface area contributed by atoms with Crippen molar-refractivity contribution >= 4 is 11.8 Å². The third-order valence-electron chi connectivity index (χ3n) is 3.99. The first-order valence-corrected chi connectivity index (χ1v) is 7.14. The number of aromatic carboxylic acids is 1. The van der Waals surface area contributed by atoms with E-state index in [0.29, 0.717) is 11.9 Å². The van der Waals surface area contributed by atoms with Crippen molar-refractivity contribution in [1.29, 1.82) is 0 Å². The molecule has 0 aromatic carbocycles. The van der Waals surface area contributed by atoms with Crippen molar-refractivity contribution in [2.75, 3.05) is 25.5 Å². The summed E-state index contributed by atoms with van der Waals surface area (Å²) in [4.78, 5) is 18.1. The molecule has 5 heteroatoms. The number of piperidine rings is 1. The highest BCUT2D eigenvalue weighted by atomic mass is 16.4. The largest absolute Gasteiger partial charge is 0.478 e. The van der Waals surface area contributed by atoms with E-state index < -0.39 is 5.97 Å². The number of nitrogens with zero attached hydrogens (tertiary/aromatic N) is 2. The molecule has 2 N–H and O–H groups in total. The molecule has 0 bridgehead atoms. The average Bonchev–Trinajstić information content (AvgIpc) is 2.36. The molecule has 0 radical (unpaired) electrons. The van der Waals surface area contributed by atoms with Gasteiger partial charge in [-0.05, 0) is 51.9 Å². The summed E-state index contributed by atoms with van der Waals surface area (Å²) in [6.07, 6.45) is 3.63. The van der Waals surface area contributed by atoms with Gasteiger partial charge in [-0.15, -0.1) is 0 Å². The molecule has 1 aliphatic rings. The summed E-state index contributed by atoms with van der Waals surface area (Å²) in [5.74, 6) is -0.427. The summed E-state index contributed by atoms with van der Waals surface area (Å²) >= 11 is 0. The van der Waals surface area contributed by atoms with Crippen LogP contribution in [0.3, 0.4) is 0 Å². The maximum Gasteiger partial charge on any atom is 0.339 e. The lowest BCUT2D eigenvalue weighted by atomic mass is 10.0. The summed E-state index contributed by atoms with van der Waals surface area (Å²) in [7, 11) is 2.12. The van der Waals surface area contributed by atoms with Crippen LogP contribution in [0.1, 0.15) is 40.9 Å². The fourth-order valence-electron chi connectivity index (χ4n) is 2.85. The Kier molecular flexibility index (Phi) is 4.60. The van der Waals surface area contributed by atoms with Gasteiger partial charge in [0.2, 0.25) is 0 Å². The van der Waals surface area contributed by atoms with Crippen LogP contribution in [0.25, 0.3) is 0 Å². The number of carboxylic acid groups (broad SMARTS) is 1. The molecule has 2 rings (SSSR count). The second kappa shape index (κ2) is 6.22. The molecular formula is C15H23N3O2. The van der Waals surface area contributed by atoms with E-state index in [2.05, 4.69) is 22.2 Å². The van der Waals surface area contributed by atoms with Crippen molar-refractivity contribution in [3.8, 4) is 0 Å². The van der Waals surface area contributed by atoms with Crippen LogP contribution in [-0.2, 0) is 0 Å². The third kappa shape index (κ3) is 3.28. The first kappa shape index (κ1) is 14.8. The van der Waals surface area contributed by atoms with Crippen LogP contribution >= 0.6 is 0 Å². The number of carbonyl (C=O) groups is 1. The third-order valence-corrected chi connectivity index (χ3v) is 3.99. The monoisotopic (exact) mass is 277 g/mol. The Balaban J connectivity index is 2.14. The number of rotatable bonds is 4. The fraction of sp³-hybridized carbons (Fsp3) is 0.600. The van der Waals surface area contributed by atoms with Crippen LogP contribution in [0.2, 0.25) is 0 Å². The van der Waals surface area contributed by atoms with Gasteiger partial charge in [0.1, 0.15) is 11.4 Å². The minimum atomic E-state index is -0.922. The van der Waals surface area contributed by atoms with Gasteiger partial charge in [-0.25, -0.2) is 9.78 Å². The Morgan fingerprint density at radius 1 is 1.50 bits per heavy atom. The highest BCUT2D eigenvalue weighted by molar-refractivity contribution is 5.94. The lowest BCUT2D eigenvalue weighted by Gasteiger charge is -2.32. The lowest BCUT2D eigenvalue weighted by Crippen LogP contribution is -2.41. The molecule has 0 saturated carbocycles. The van der Waals surface area contributed by atoms with E-state index >= 15 is 0 Å². The van der Waals surface area contributed by atoms with E-state index in [-0.39, 0.29) is 5.56 Å². The van der Waals surface area contributed by atoms with Crippen molar-refractivity contribution < 1.29 is 9.90 Å². The number of anilines is 1. The normalized spacial score (nSPS) is 19.9. The second-order valence-electron chi connectivity index (χ2n) is 5.62. The summed E-state index contributed by atoms with van der Waals surface area (Å²) in [6, 6.07) is 2.26. The van der Waals surface area contributed by atoms with Gasteiger partial charge in [-0.1, -0.05) is 6.42 Å². The van der Waals surface area contributed by atoms with Crippen molar-refractivity contribution in [2.45, 2.75) is 39.2 Å². The van der Waals surface area contributed by atoms with E-state index in [0.717, 1.165) is 30.8 Å². The Morgan fingerprint density at radius 2 is 2.25 bits per heavy atom. The smallest absolute Gasteiger partial charge is 0.339 e. The topological polar surface area (TPSA) is 65.5 Å². The van der Waals surface area contributed by atoms with Crippen molar-refractivity contribution in [3.05, 3.63) is 22.9 Å².